The van der Waals surface area contributed by atoms with E-state index < -0.39 is 0 Å². The summed E-state index contributed by atoms with van der Waals surface area (Å²) in [6, 6.07) is 9.91. The molecule has 3 nitrogen and oxygen atoms in total. The molecule has 4 heteroatoms. The minimum atomic E-state index is 0.121. The highest BCUT2D eigenvalue weighted by molar-refractivity contribution is 6.17. The zero-order valence-electron chi connectivity index (χ0n) is 12.0. The molecule has 1 aromatic heterocycles. The van der Waals surface area contributed by atoms with Gasteiger partial charge in [-0.25, -0.2) is 0 Å². The van der Waals surface area contributed by atoms with E-state index in [4.69, 9.17) is 11.6 Å². The van der Waals surface area contributed by atoms with Crippen LogP contribution in [-0.4, -0.2) is 34.3 Å². The third kappa shape index (κ3) is 3.03. The van der Waals surface area contributed by atoms with Gasteiger partial charge in [-0.2, -0.15) is 0 Å². The van der Waals surface area contributed by atoms with Crippen molar-refractivity contribution >= 4 is 28.4 Å². The summed E-state index contributed by atoms with van der Waals surface area (Å²) in [6.45, 7) is 0.839. The predicted octanol–water partition coefficient (Wildman–Crippen LogP) is 3.86. The highest BCUT2D eigenvalue weighted by Crippen LogP contribution is 2.23. The molecule has 0 radical (unpaired) electrons. The molecule has 0 N–H and O–H groups in total. The number of carbonyl (C=O) groups excluding carboxylic acids is 1. The van der Waals surface area contributed by atoms with Gasteiger partial charge in [-0.3, -0.25) is 9.78 Å². The number of aromatic nitrogens is 1. The van der Waals surface area contributed by atoms with E-state index in [-0.39, 0.29) is 11.9 Å². The van der Waals surface area contributed by atoms with Crippen LogP contribution in [0, 0.1) is 0 Å². The highest BCUT2D eigenvalue weighted by Gasteiger charge is 2.26. The van der Waals surface area contributed by atoms with Crippen LogP contribution in [0.15, 0.2) is 36.5 Å². The van der Waals surface area contributed by atoms with E-state index in [1.807, 2.05) is 35.2 Å². The van der Waals surface area contributed by atoms with E-state index in [0.717, 1.165) is 42.3 Å². The van der Waals surface area contributed by atoms with Crippen molar-refractivity contribution in [3.05, 3.63) is 42.1 Å². The number of nitrogens with zero attached hydrogens (tertiary/aromatic N) is 2. The Morgan fingerprint density at radius 3 is 3.10 bits per heavy atom. The number of likely N-dealkylation sites (tertiary alicyclic amines) is 1. The largest absolute Gasteiger partial charge is 0.336 e. The molecule has 0 aliphatic carbocycles. The second-order valence-electron chi connectivity index (χ2n) is 5.54. The van der Waals surface area contributed by atoms with Crippen molar-refractivity contribution in [2.75, 3.05) is 12.4 Å². The summed E-state index contributed by atoms with van der Waals surface area (Å²) < 4.78 is 0. The minimum absolute atomic E-state index is 0.121. The number of piperidine rings is 1. The average Bonchev–Trinajstić information content (AvgIpc) is 2.54. The van der Waals surface area contributed by atoms with E-state index in [9.17, 15) is 4.79 Å². The number of rotatable bonds is 3. The maximum absolute atomic E-state index is 12.8. The summed E-state index contributed by atoms with van der Waals surface area (Å²) in [6.07, 6.45) is 5.98. The van der Waals surface area contributed by atoms with Crippen LogP contribution in [0.4, 0.5) is 0 Å². The molecule has 3 rings (SSSR count). The molecule has 1 amide bonds. The van der Waals surface area contributed by atoms with Crippen molar-refractivity contribution in [3.63, 3.8) is 0 Å². The fraction of sp³-hybridized carbons (Fsp3) is 0.412. The molecule has 0 saturated carbocycles. The number of benzene rings is 1. The lowest BCUT2D eigenvalue weighted by molar-refractivity contribution is 0.0609. The van der Waals surface area contributed by atoms with Crippen LogP contribution in [0.3, 0.4) is 0 Å². The first-order valence-electron chi connectivity index (χ1n) is 7.51. The van der Waals surface area contributed by atoms with Crippen LogP contribution < -0.4 is 0 Å². The smallest absolute Gasteiger partial charge is 0.254 e. The lowest BCUT2D eigenvalue weighted by Gasteiger charge is -2.35. The molecule has 1 aliphatic rings. The van der Waals surface area contributed by atoms with Crippen LogP contribution >= 0.6 is 11.6 Å². The molecule has 2 heterocycles. The Morgan fingerprint density at radius 2 is 2.24 bits per heavy atom. The number of hydrogen-bond donors (Lipinski definition) is 0. The summed E-state index contributed by atoms with van der Waals surface area (Å²) in [5, 5.41) is 1.01. The fourth-order valence-corrected chi connectivity index (χ4v) is 3.32. The summed E-state index contributed by atoms with van der Waals surface area (Å²) in [7, 11) is 0. The van der Waals surface area contributed by atoms with Gasteiger partial charge in [0.25, 0.3) is 5.91 Å². The van der Waals surface area contributed by atoms with Crippen molar-refractivity contribution in [2.24, 2.45) is 0 Å². The number of amides is 1. The number of alkyl halides is 1. The molecule has 1 saturated heterocycles. The maximum atomic E-state index is 12.8. The standard InChI is InChI=1S/C17H19ClN2O/c18-9-8-15-5-1-2-11-20(15)17(21)14-6-7-16-13(12-14)4-3-10-19-16/h3-4,6-7,10,12,15H,1-2,5,8-9,11H2. The van der Waals surface area contributed by atoms with Gasteiger partial charge in [0.1, 0.15) is 0 Å². The molecular formula is C17H19ClN2O. The van der Waals surface area contributed by atoms with Crippen molar-refractivity contribution < 1.29 is 4.79 Å². The van der Waals surface area contributed by atoms with Gasteiger partial charge >= 0.3 is 0 Å². The zero-order chi connectivity index (χ0) is 14.7. The van der Waals surface area contributed by atoms with Gasteiger partial charge in [0.15, 0.2) is 0 Å². The Labute approximate surface area is 129 Å². The molecule has 1 fully saturated rings. The van der Waals surface area contributed by atoms with Gasteiger partial charge in [0, 0.05) is 35.6 Å². The number of carbonyl (C=O) groups is 1. The molecule has 0 bridgehead atoms. The molecule has 1 aliphatic heterocycles. The first-order chi connectivity index (χ1) is 10.3. The van der Waals surface area contributed by atoms with E-state index in [1.54, 1.807) is 6.20 Å². The number of halogens is 1. The van der Waals surface area contributed by atoms with E-state index >= 15 is 0 Å². The fourth-order valence-electron chi connectivity index (χ4n) is 3.07. The zero-order valence-corrected chi connectivity index (χ0v) is 12.7. The summed E-state index contributed by atoms with van der Waals surface area (Å²) in [5.41, 5.74) is 1.67. The second kappa shape index (κ2) is 6.44. The normalized spacial score (nSPS) is 18.9. The van der Waals surface area contributed by atoms with Gasteiger partial charge < -0.3 is 4.90 Å². The van der Waals surface area contributed by atoms with Crippen LogP contribution in [0.25, 0.3) is 10.9 Å². The van der Waals surface area contributed by atoms with Gasteiger partial charge in [0.05, 0.1) is 5.52 Å². The van der Waals surface area contributed by atoms with Crippen LogP contribution in [0.5, 0.6) is 0 Å². The van der Waals surface area contributed by atoms with Crippen molar-refractivity contribution in [1.82, 2.24) is 9.88 Å². The minimum Gasteiger partial charge on any atom is -0.336 e. The van der Waals surface area contributed by atoms with Gasteiger partial charge in [-0.1, -0.05) is 6.07 Å². The van der Waals surface area contributed by atoms with Crippen molar-refractivity contribution in [3.8, 4) is 0 Å². The number of pyridine rings is 1. The Bertz CT molecular complexity index is 641. The van der Waals surface area contributed by atoms with Gasteiger partial charge in [-0.15, -0.1) is 11.6 Å². The lowest BCUT2D eigenvalue weighted by atomic mass is 9.98. The van der Waals surface area contributed by atoms with E-state index in [2.05, 4.69) is 4.98 Å². The third-order valence-corrected chi connectivity index (χ3v) is 4.40. The summed E-state index contributed by atoms with van der Waals surface area (Å²) >= 11 is 5.88. The van der Waals surface area contributed by atoms with E-state index in [0.29, 0.717) is 5.88 Å². The Balaban J connectivity index is 1.87. The molecule has 21 heavy (non-hydrogen) atoms. The highest BCUT2D eigenvalue weighted by atomic mass is 35.5. The Hall–Kier alpha value is -1.61. The van der Waals surface area contributed by atoms with E-state index in [1.165, 1.54) is 6.42 Å². The molecule has 2 aromatic rings. The molecule has 0 spiro atoms. The number of hydrogen-bond acceptors (Lipinski definition) is 2. The molecule has 1 aromatic carbocycles. The Morgan fingerprint density at radius 1 is 1.33 bits per heavy atom. The topological polar surface area (TPSA) is 33.2 Å². The molecule has 1 atom stereocenters. The van der Waals surface area contributed by atoms with Crippen LogP contribution in [0.1, 0.15) is 36.0 Å². The first kappa shape index (κ1) is 14.3. The predicted molar refractivity (Wildman–Crippen MR) is 85.8 cm³/mol. The Kier molecular flexibility index (Phi) is 4.39. The molecular weight excluding hydrogens is 284 g/mol. The van der Waals surface area contributed by atoms with Gasteiger partial charge in [-0.05, 0) is 49.9 Å². The monoisotopic (exact) mass is 302 g/mol. The SMILES string of the molecule is O=C(c1ccc2ncccc2c1)N1CCCCC1CCCl. The average molecular weight is 303 g/mol. The lowest BCUT2D eigenvalue weighted by Crippen LogP contribution is -2.43. The molecule has 1 unspecified atom stereocenters. The van der Waals surface area contributed by atoms with Gasteiger partial charge in [0.2, 0.25) is 0 Å². The summed E-state index contributed by atoms with van der Waals surface area (Å²) in [4.78, 5) is 19.1. The van der Waals surface area contributed by atoms with Crippen molar-refractivity contribution in [2.45, 2.75) is 31.7 Å². The first-order valence-corrected chi connectivity index (χ1v) is 8.05. The molecule has 110 valence electrons. The van der Waals surface area contributed by atoms with Crippen molar-refractivity contribution in [1.29, 1.82) is 0 Å². The quantitative estimate of drug-likeness (QED) is 0.807. The number of fused-ring (bicyclic) bond motifs is 1. The second-order valence-corrected chi connectivity index (χ2v) is 5.91. The maximum Gasteiger partial charge on any atom is 0.254 e. The van der Waals surface area contributed by atoms with Crippen LogP contribution in [0.2, 0.25) is 0 Å². The third-order valence-electron chi connectivity index (χ3n) is 4.18. The van der Waals surface area contributed by atoms with Crippen LogP contribution in [-0.2, 0) is 0 Å². The summed E-state index contributed by atoms with van der Waals surface area (Å²) in [5.74, 6) is 0.728.